The molecule has 2 unspecified atom stereocenters. The van der Waals surface area contributed by atoms with Crippen LogP contribution in [0, 0.1) is 0 Å². The fraction of sp³-hybridized carbons (Fsp3) is 1.00. The first kappa shape index (κ1) is 5.47. The molecule has 2 bridgehead atoms. The molecule has 0 spiro atoms. The lowest BCUT2D eigenvalue weighted by Crippen LogP contribution is -2.58. The molecule has 0 aromatic heterocycles. The zero-order valence-corrected chi connectivity index (χ0v) is 6.89. The Morgan fingerprint density at radius 2 is 1.62 bits per heavy atom. The van der Waals surface area contributed by atoms with Crippen molar-refractivity contribution in [3.05, 3.63) is 0 Å². The molecule has 0 aromatic rings. The minimum atomic E-state index is 0.899. The smallest absolute Gasteiger partial charge is 0.0139 e. The fourth-order valence-electron chi connectivity index (χ4n) is 1.69. The second-order valence-electron chi connectivity index (χ2n) is 2.86. The van der Waals surface area contributed by atoms with Gasteiger partial charge in [0.25, 0.3) is 0 Å². The molecule has 2 atom stereocenters. The molecular formula is C6H10IN. The van der Waals surface area contributed by atoms with Crippen molar-refractivity contribution >= 4 is 22.6 Å². The Kier molecular flexibility index (Phi) is 1.26. The molecule has 0 aromatic carbocycles. The van der Waals surface area contributed by atoms with Crippen molar-refractivity contribution in [2.75, 3.05) is 0 Å². The van der Waals surface area contributed by atoms with Crippen LogP contribution >= 0.6 is 22.6 Å². The molecule has 2 aliphatic heterocycles. The molecule has 2 heteroatoms. The van der Waals surface area contributed by atoms with Crippen LogP contribution in [0.4, 0.5) is 0 Å². The standard InChI is InChI=1S/C6H10IN/c7-4-1-5-3-6(2-4)8-5/h4-6,8H,1-3H2. The normalized spacial score (nSPS) is 52.9. The topological polar surface area (TPSA) is 12.0 Å². The van der Waals surface area contributed by atoms with Gasteiger partial charge in [0.15, 0.2) is 0 Å². The first-order valence-electron chi connectivity index (χ1n) is 3.25. The molecule has 8 heavy (non-hydrogen) atoms. The average molecular weight is 223 g/mol. The van der Waals surface area contributed by atoms with E-state index >= 15 is 0 Å². The minimum Gasteiger partial charge on any atom is -0.311 e. The van der Waals surface area contributed by atoms with Gasteiger partial charge in [0, 0.05) is 16.0 Å². The molecule has 3 aliphatic rings. The predicted octanol–water partition coefficient (Wildman–Crippen LogP) is 1.31. The van der Waals surface area contributed by atoms with Gasteiger partial charge in [-0.05, 0) is 19.3 Å². The second kappa shape index (κ2) is 1.84. The molecule has 3 rings (SSSR count). The molecule has 0 amide bonds. The molecule has 46 valence electrons. The first-order chi connectivity index (χ1) is 3.84. The summed E-state index contributed by atoms with van der Waals surface area (Å²) >= 11 is 2.56. The van der Waals surface area contributed by atoms with Crippen molar-refractivity contribution < 1.29 is 0 Å². The SMILES string of the molecule is IC1CC2CC(C1)N2. The van der Waals surface area contributed by atoms with Gasteiger partial charge in [0.2, 0.25) is 0 Å². The maximum absolute atomic E-state index is 3.50. The number of halogens is 1. The van der Waals surface area contributed by atoms with E-state index in [0.717, 1.165) is 16.0 Å². The zero-order chi connectivity index (χ0) is 5.56. The third-order valence-corrected chi connectivity index (χ3v) is 3.14. The summed E-state index contributed by atoms with van der Waals surface area (Å²) in [6, 6.07) is 1.80. The Morgan fingerprint density at radius 1 is 1.12 bits per heavy atom. The zero-order valence-electron chi connectivity index (χ0n) is 4.73. The lowest BCUT2D eigenvalue weighted by atomic mass is 9.83. The van der Waals surface area contributed by atoms with E-state index in [1.165, 1.54) is 19.3 Å². The van der Waals surface area contributed by atoms with Gasteiger partial charge in [-0.3, -0.25) is 0 Å². The maximum atomic E-state index is 3.50. The maximum Gasteiger partial charge on any atom is 0.0139 e. The summed E-state index contributed by atoms with van der Waals surface area (Å²) in [7, 11) is 0. The van der Waals surface area contributed by atoms with Gasteiger partial charge in [-0.25, -0.2) is 0 Å². The summed E-state index contributed by atoms with van der Waals surface area (Å²) in [6.45, 7) is 0. The van der Waals surface area contributed by atoms with Crippen molar-refractivity contribution in [2.45, 2.75) is 35.3 Å². The van der Waals surface area contributed by atoms with Crippen LogP contribution in [0.25, 0.3) is 0 Å². The van der Waals surface area contributed by atoms with Gasteiger partial charge in [-0.2, -0.15) is 0 Å². The number of fused-ring (bicyclic) bond motifs is 2. The highest BCUT2D eigenvalue weighted by molar-refractivity contribution is 14.1. The quantitative estimate of drug-likeness (QED) is 0.482. The largest absolute Gasteiger partial charge is 0.311 e. The third kappa shape index (κ3) is 0.778. The average Bonchev–Trinajstić information content (AvgIpc) is 1.62. The van der Waals surface area contributed by atoms with Crippen molar-refractivity contribution in [2.24, 2.45) is 0 Å². The molecule has 0 radical (unpaired) electrons. The van der Waals surface area contributed by atoms with Crippen molar-refractivity contribution in [1.29, 1.82) is 0 Å². The molecule has 1 saturated carbocycles. The summed E-state index contributed by atoms with van der Waals surface area (Å²) < 4.78 is 0.970. The van der Waals surface area contributed by atoms with E-state index in [4.69, 9.17) is 0 Å². The predicted molar refractivity (Wildman–Crippen MR) is 42.4 cm³/mol. The Morgan fingerprint density at radius 3 is 1.88 bits per heavy atom. The number of hydrogen-bond donors (Lipinski definition) is 1. The van der Waals surface area contributed by atoms with Crippen LogP contribution in [0.1, 0.15) is 19.3 Å². The number of rotatable bonds is 0. The van der Waals surface area contributed by atoms with Crippen molar-refractivity contribution in [1.82, 2.24) is 5.32 Å². The number of nitrogens with one attached hydrogen (secondary N) is 1. The van der Waals surface area contributed by atoms with E-state index in [-0.39, 0.29) is 0 Å². The number of hydrogen-bond acceptors (Lipinski definition) is 1. The minimum absolute atomic E-state index is 0.899. The Labute approximate surface area is 63.4 Å². The third-order valence-electron chi connectivity index (χ3n) is 2.12. The van der Waals surface area contributed by atoms with E-state index < -0.39 is 0 Å². The first-order valence-corrected chi connectivity index (χ1v) is 4.49. The van der Waals surface area contributed by atoms with E-state index in [1.807, 2.05) is 0 Å². The van der Waals surface area contributed by atoms with Crippen LogP contribution < -0.4 is 5.32 Å². The van der Waals surface area contributed by atoms with Gasteiger partial charge in [-0.1, -0.05) is 22.6 Å². The lowest BCUT2D eigenvalue weighted by Gasteiger charge is -2.45. The summed E-state index contributed by atoms with van der Waals surface area (Å²) in [4.78, 5) is 0. The second-order valence-corrected chi connectivity index (χ2v) is 4.63. The van der Waals surface area contributed by atoms with Crippen molar-refractivity contribution in [3.63, 3.8) is 0 Å². The number of alkyl halides is 1. The van der Waals surface area contributed by atoms with E-state index in [9.17, 15) is 0 Å². The van der Waals surface area contributed by atoms with Gasteiger partial charge in [0.05, 0.1) is 0 Å². The number of piperidine rings is 1. The summed E-state index contributed by atoms with van der Waals surface area (Å²) in [5, 5.41) is 3.50. The lowest BCUT2D eigenvalue weighted by molar-refractivity contribution is 0.192. The Balaban J connectivity index is 1.97. The highest BCUT2D eigenvalue weighted by Crippen LogP contribution is 2.32. The molecule has 2 heterocycles. The van der Waals surface area contributed by atoms with Crippen LogP contribution in [0.2, 0.25) is 0 Å². The summed E-state index contributed by atoms with van der Waals surface area (Å²) in [6.07, 6.45) is 4.29. The highest BCUT2D eigenvalue weighted by atomic mass is 127. The summed E-state index contributed by atoms with van der Waals surface area (Å²) in [5.74, 6) is 0. The molecule has 1 aliphatic carbocycles. The van der Waals surface area contributed by atoms with Crippen LogP contribution in [-0.2, 0) is 0 Å². The molecule has 3 fully saturated rings. The monoisotopic (exact) mass is 223 g/mol. The van der Waals surface area contributed by atoms with E-state index in [0.29, 0.717) is 0 Å². The summed E-state index contributed by atoms with van der Waals surface area (Å²) in [5.41, 5.74) is 0. The van der Waals surface area contributed by atoms with Crippen LogP contribution in [0.3, 0.4) is 0 Å². The molecule has 1 nitrogen and oxygen atoms in total. The Bertz CT molecular complexity index is 88.7. The Hall–Kier alpha value is 0.690. The van der Waals surface area contributed by atoms with Crippen LogP contribution in [0.15, 0.2) is 0 Å². The van der Waals surface area contributed by atoms with Crippen LogP contribution in [-0.4, -0.2) is 16.0 Å². The van der Waals surface area contributed by atoms with Crippen molar-refractivity contribution in [3.8, 4) is 0 Å². The van der Waals surface area contributed by atoms with Gasteiger partial charge >= 0.3 is 0 Å². The fourth-order valence-corrected chi connectivity index (χ4v) is 2.92. The molecule has 1 N–H and O–H groups in total. The molecule has 2 saturated heterocycles. The van der Waals surface area contributed by atoms with Gasteiger partial charge in [-0.15, -0.1) is 0 Å². The van der Waals surface area contributed by atoms with Gasteiger partial charge in [0.1, 0.15) is 0 Å². The van der Waals surface area contributed by atoms with Crippen LogP contribution in [0.5, 0.6) is 0 Å². The van der Waals surface area contributed by atoms with E-state index in [2.05, 4.69) is 27.9 Å². The highest BCUT2D eigenvalue weighted by Gasteiger charge is 2.35. The van der Waals surface area contributed by atoms with E-state index in [1.54, 1.807) is 0 Å². The van der Waals surface area contributed by atoms with Gasteiger partial charge < -0.3 is 5.32 Å². The molecular weight excluding hydrogens is 213 g/mol.